The van der Waals surface area contributed by atoms with Crippen LogP contribution in [0, 0.1) is 0 Å². The van der Waals surface area contributed by atoms with Crippen molar-refractivity contribution in [1.82, 2.24) is 9.78 Å². The molecule has 0 saturated carbocycles. The van der Waals surface area contributed by atoms with Crippen molar-refractivity contribution >= 4 is 27.7 Å². The van der Waals surface area contributed by atoms with Gasteiger partial charge in [-0.15, -0.1) is 0 Å². The minimum Gasteiger partial charge on any atom is -0.261 e. The van der Waals surface area contributed by atoms with Crippen molar-refractivity contribution in [3.8, 4) is 0 Å². The van der Waals surface area contributed by atoms with Crippen molar-refractivity contribution < 1.29 is 0 Å². The summed E-state index contributed by atoms with van der Waals surface area (Å²) in [5.74, 6) is 2.31. The van der Waals surface area contributed by atoms with Gasteiger partial charge >= 0.3 is 0 Å². The summed E-state index contributed by atoms with van der Waals surface area (Å²) in [6, 6.07) is 0. The van der Waals surface area contributed by atoms with Crippen molar-refractivity contribution in [3.05, 3.63) is 15.9 Å². The number of aryl methyl sites for hydroxylation is 1. The smallest absolute Gasteiger partial charge is 0.107 e. The van der Waals surface area contributed by atoms with E-state index in [9.17, 15) is 0 Å². The van der Waals surface area contributed by atoms with Crippen LogP contribution in [0.15, 0.2) is 4.60 Å². The number of thioether (sulfide) groups is 1. The van der Waals surface area contributed by atoms with Crippen LogP contribution >= 0.6 is 27.7 Å². The molecule has 0 radical (unpaired) electrons. The van der Waals surface area contributed by atoms with Crippen LogP contribution in [0.1, 0.15) is 11.3 Å². The summed E-state index contributed by atoms with van der Waals surface area (Å²) in [5.41, 5.74) is 2.67. The van der Waals surface area contributed by atoms with Crippen LogP contribution in [0.3, 0.4) is 0 Å². The van der Waals surface area contributed by atoms with Crippen molar-refractivity contribution in [2.75, 3.05) is 5.75 Å². The minimum absolute atomic E-state index is 1.08. The Kier molecular flexibility index (Phi) is 1.97. The largest absolute Gasteiger partial charge is 0.261 e. The summed E-state index contributed by atoms with van der Waals surface area (Å²) in [4.78, 5) is 0. The molecule has 0 unspecified atom stereocenters. The molecular weight excluding hydrogens is 224 g/mol. The summed E-state index contributed by atoms with van der Waals surface area (Å²) < 4.78 is 3.07. The molecule has 0 aliphatic carbocycles. The van der Waals surface area contributed by atoms with Gasteiger partial charge in [0.1, 0.15) is 4.60 Å². The molecule has 60 valence electrons. The maximum absolute atomic E-state index is 4.40. The molecule has 1 aromatic heterocycles. The van der Waals surface area contributed by atoms with Crippen LogP contribution in [0.25, 0.3) is 0 Å². The Morgan fingerprint density at radius 2 is 2.45 bits per heavy atom. The molecule has 0 amide bonds. The average Bonchev–Trinajstić information content (AvgIpc) is 2.30. The molecule has 11 heavy (non-hydrogen) atoms. The third-order valence-electron chi connectivity index (χ3n) is 1.89. The topological polar surface area (TPSA) is 17.8 Å². The van der Waals surface area contributed by atoms with E-state index >= 15 is 0 Å². The maximum atomic E-state index is 4.40. The van der Waals surface area contributed by atoms with E-state index in [0.717, 1.165) is 16.8 Å². The standard InChI is InChI=1S/C7H9BrN2S/c1-10-7(8)5-2-3-11-4-6(5)9-10/h2-4H2,1H3. The summed E-state index contributed by atoms with van der Waals surface area (Å²) in [6.07, 6.45) is 1.16. The molecule has 0 atom stereocenters. The molecule has 0 aromatic carbocycles. The van der Waals surface area contributed by atoms with E-state index in [4.69, 9.17) is 0 Å². The molecule has 4 heteroatoms. The lowest BCUT2D eigenvalue weighted by atomic mass is 10.2. The molecule has 2 rings (SSSR count). The van der Waals surface area contributed by atoms with Crippen molar-refractivity contribution in [3.63, 3.8) is 0 Å². The average molecular weight is 233 g/mol. The number of nitrogens with zero attached hydrogens (tertiary/aromatic N) is 2. The van der Waals surface area contributed by atoms with Crippen molar-refractivity contribution in [1.29, 1.82) is 0 Å². The first kappa shape index (κ1) is 7.68. The van der Waals surface area contributed by atoms with Crippen LogP contribution in [-0.2, 0) is 19.2 Å². The number of rotatable bonds is 0. The van der Waals surface area contributed by atoms with Crippen LogP contribution in [0.2, 0.25) is 0 Å². The number of hydrogen-bond acceptors (Lipinski definition) is 2. The van der Waals surface area contributed by atoms with E-state index in [1.807, 2.05) is 23.5 Å². The van der Waals surface area contributed by atoms with E-state index in [2.05, 4.69) is 21.0 Å². The van der Waals surface area contributed by atoms with E-state index in [1.54, 1.807) is 0 Å². The molecule has 2 nitrogen and oxygen atoms in total. The summed E-state index contributed by atoms with van der Waals surface area (Å²) in [6.45, 7) is 0. The van der Waals surface area contributed by atoms with E-state index < -0.39 is 0 Å². The fourth-order valence-electron chi connectivity index (χ4n) is 1.31. The zero-order valence-electron chi connectivity index (χ0n) is 6.30. The number of halogens is 1. The molecule has 0 spiro atoms. The minimum atomic E-state index is 1.08. The summed E-state index contributed by atoms with van der Waals surface area (Å²) in [7, 11) is 1.98. The number of fused-ring (bicyclic) bond motifs is 1. The molecule has 2 heterocycles. The molecule has 0 N–H and O–H groups in total. The zero-order valence-corrected chi connectivity index (χ0v) is 8.70. The van der Waals surface area contributed by atoms with Gasteiger partial charge < -0.3 is 0 Å². The molecule has 1 aliphatic heterocycles. The normalized spacial score (nSPS) is 16.5. The molecule has 1 aromatic rings. The van der Waals surface area contributed by atoms with Crippen LogP contribution < -0.4 is 0 Å². The van der Waals surface area contributed by atoms with Crippen molar-refractivity contribution in [2.24, 2.45) is 7.05 Å². The van der Waals surface area contributed by atoms with Gasteiger partial charge in [0.2, 0.25) is 0 Å². The van der Waals surface area contributed by atoms with E-state index in [-0.39, 0.29) is 0 Å². The highest BCUT2D eigenvalue weighted by molar-refractivity contribution is 9.10. The molecule has 1 aliphatic rings. The lowest BCUT2D eigenvalue weighted by Crippen LogP contribution is -1.99. The SMILES string of the molecule is Cn1nc2c(c1Br)CCSC2. The summed E-state index contributed by atoms with van der Waals surface area (Å²) >= 11 is 5.49. The predicted octanol–water partition coefficient (Wildman–Crippen LogP) is 1.97. The first-order chi connectivity index (χ1) is 5.29. The predicted molar refractivity (Wildman–Crippen MR) is 50.8 cm³/mol. The van der Waals surface area contributed by atoms with Gasteiger partial charge in [0, 0.05) is 18.4 Å². The van der Waals surface area contributed by atoms with Gasteiger partial charge in [0.05, 0.1) is 5.69 Å². The highest BCUT2D eigenvalue weighted by Crippen LogP contribution is 2.28. The Bertz CT molecular complexity index is 282. The van der Waals surface area contributed by atoms with Gasteiger partial charge in [-0.05, 0) is 28.1 Å². The van der Waals surface area contributed by atoms with E-state index in [0.29, 0.717) is 0 Å². The number of hydrogen-bond donors (Lipinski definition) is 0. The lowest BCUT2D eigenvalue weighted by molar-refractivity contribution is 0.738. The highest BCUT2D eigenvalue weighted by Gasteiger charge is 2.17. The van der Waals surface area contributed by atoms with Gasteiger partial charge in [-0.25, -0.2) is 0 Å². The quantitative estimate of drug-likeness (QED) is 0.681. The third kappa shape index (κ3) is 1.22. The second kappa shape index (κ2) is 2.83. The lowest BCUT2D eigenvalue weighted by Gasteiger charge is -2.07. The highest BCUT2D eigenvalue weighted by atomic mass is 79.9. The van der Waals surface area contributed by atoms with Crippen LogP contribution in [-0.4, -0.2) is 15.5 Å². The fourth-order valence-corrected chi connectivity index (χ4v) is 2.73. The second-order valence-electron chi connectivity index (χ2n) is 2.64. The Balaban J connectivity index is 2.50. The van der Waals surface area contributed by atoms with Crippen LogP contribution in [0.4, 0.5) is 0 Å². The first-order valence-electron chi connectivity index (χ1n) is 3.57. The third-order valence-corrected chi connectivity index (χ3v) is 3.85. The van der Waals surface area contributed by atoms with Gasteiger partial charge in [-0.2, -0.15) is 16.9 Å². The molecule has 0 fully saturated rings. The Morgan fingerprint density at radius 3 is 3.18 bits per heavy atom. The Morgan fingerprint density at radius 1 is 1.64 bits per heavy atom. The summed E-state index contributed by atoms with van der Waals surface area (Å²) in [5, 5.41) is 4.40. The van der Waals surface area contributed by atoms with Crippen molar-refractivity contribution in [2.45, 2.75) is 12.2 Å². The maximum Gasteiger partial charge on any atom is 0.107 e. The van der Waals surface area contributed by atoms with E-state index in [1.165, 1.54) is 17.0 Å². The Hall–Kier alpha value is 0.0400. The Labute approximate surface area is 78.5 Å². The van der Waals surface area contributed by atoms with Crippen LogP contribution in [0.5, 0.6) is 0 Å². The fraction of sp³-hybridized carbons (Fsp3) is 0.571. The first-order valence-corrected chi connectivity index (χ1v) is 5.52. The van der Waals surface area contributed by atoms with Gasteiger partial charge in [0.25, 0.3) is 0 Å². The van der Waals surface area contributed by atoms with Gasteiger partial charge in [-0.1, -0.05) is 0 Å². The zero-order chi connectivity index (χ0) is 7.84. The van der Waals surface area contributed by atoms with Gasteiger partial charge in [-0.3, -0.25) is 4.68 Å². The van der Waals surface area contributed by atoms with Gasteiger partial charge in [0.15, 0.2) is 0 Å². The molecule has 0 bridgehead atoms. The number of aromatic nitrogens is 2. The second-order valence-corrected chi connectivity index (χ2v) is 4.50. The molecular formula is C7H9BrN2S. The monoisotopic (exact) mass is 232 g/mol. The molecule has 0 saturated heterocycles.